The Hall–Kier alpha value is -4.18. The van der Waals surface area contributed by atoms with Gasteiger partial charge in [0.05, 0.1) is 40.3 Å². The normalized spacial score (nSPS) is 17.3. The van der Waals surface area contributed by atoms with E-state index >= 15 is 0 Å². The molecule has 0 radical (unpaired) electrons. The maximum Gasteiger partial charge on any atom is 0.469 e. The molecular weight excluding hydrogens is 555 g/mol. The zero-order chi connectivity index (χ0) is 28.3. The maximum absolute atomic E-state index is 11.5. The molecule has 2 aromatic heterocycles. The number of halogens is 1. The summed E-state index contributed by atoms with van der Waals surface area (Å²) in [6, 6.07) is 6.10. The molecule has 0 bridgehead atoms. The molecule has 0 unspecified atom stereocenters. The monoisotopic (exact) mass is 576 g/mol. The van der Waals surface area contributed by atoms with Crippen molar-refractivity contribution < 1.29 is 28.8 Å². The number of carboxylic acid groups (broad SMARTS) is 1. The number of aromatic nitrogens is 4. The first kappa shape index (κ1) is 27.8. The van der Waals surface area contributed by atoms with Gasteiger partial charge in [-0.05, 0) is 25.5 Å². The quantitative estimate of drug-likeness (QED) is 0.210. The Bertz CT molecular complexity index is 1550. The standard InChI is InChI=1S/C21H22ClN10O6P/c1-2-25-18-19-26-9-12(8-24)32(19)30-20(29-18)27-14-5-11(7-23)6-15(17(14)22)31-4-3-13(28-21(33)34)16(10-31)38-39(35,36)37/h5-6,9,13,16,28H,2-4,10H2,1H3,(H,33,34)(H2,35,36,37)(H2,25,27,29,30)/t13-,16-/m0/s1. The van der Waals surface area contributed by atoms with Crippen LogP contribution in [0.1, 0.15) is 24.6 Å². The van der Waals surface area contributed by atoms with Crippen LogP contribution in [0.25, 0.3) is 5.65 Å². The van der Waals surface area contributed by atoms with Crippen LogP contribution in [0.15, 0.2) is 18.3 Å². The fourth-order valence-electron chi connectivity index (χ4n) is 4.15. The van der Waals surface area contributed by atoms with E-state index in [9.17, 15) is 29.7 Å². The molecule has 4 rings (SSSR count). The highest BCUT2D eigenvalue weighted by molar-refractivity contribution is 7.46. The fraction of sp³-hybridized carbons (Fsp3) is 0.333. The predicted octanol–water partition coefficient (Wildman–Crippen LogP) is 2.02. The summed E-state index contributed by atoms with van der Waals surface area (Å²) in [7, 11) is -4.96. The third-order valence-electron chi connectivity index (χ3n) is 5.73. The SMILES string of the molecule is CCNc1nc(Nc2cc(C#N)cc(N3CC[C@H](NC(=O)O)[C@@H](OP(=O)(O)O)C3)c2Cl)nn2c(C#N)cnc12. The second kappa shape index (κ2) is 11.3. The molecule has 1 fully saturated rings. The number of nitriles is 2. The molecule has 0 saturated carbocycles. The molecule has 18 heteroatoms. The summed E-state index contributed by atoms with van der Waals surface area (Å²) in [6.45, 7) is 2.46. The number of amides is 1. The highest BCUT2D eigenvalue weighted by Crippen LogP contribution is 2.42. The van der Waals surface area contributed by atoms with Gasteiger partial charge in [0, 0.05) is 19.6 Å². The lowest BCUT2D eigenvalue weighted by molar-refractivity contribution is 0.0903. The van der Waals surface area contributed by atoms with E-state index in [1.807, 2.05) is 19.1 Å². The van der Waals surface area contributed by atoms with Gasteiger partial charge in [0.25, 0.3) is 0 Å². The Morgan fingerprint density at radius 3 is 2.74 bits per heavy atom. The molecule has 1 saturated heterocycles. The van der Waals surface area contributed by atoms with Gasteiger partial charge in [-0.25, -0.2) is 14.3 Å². The topological polar surface area (TPSA) is 234 Å². The molecule has 1 aliphatic rings. The number of hydrogen-bond donors (Lipinski definition) is 6. The Morgan fingerprint density at radius 1 is 1.33 bits per heavy atom. The van der Waals surface area contributed by atoms with Gasteiger partial charge >= 0.3 is 13.9 Å². The van der Waals surface area contributed by atoms with Crippen LogP contribution >= 0.6 is 19.4 Å². The van der Waals surface area contributed by atoms with Crippen LogP contribution in [0, 0.1) is 22.7 Å². The Labute approximate surface area is 226 Å². The summed E-state index contributed by atoms with van der Waals surface area (Å²) in [6.07, 6.45) is -1.09. The van der Waals surface area contributed by atoms with Crippen LogP contribution in [0.3, 0.4) is 0 Å². The number of fused-ring (bicyclic) bond motifs is 1. The van der Waals surface area contributed by atoms with Gasteiger partial charge in [0.15, 0.2) is 17.2 Å². The molecule has 2 atom stereocenters. The molecule has 3 aromatic rings. The van der Waals surface area contributed by atoms with Gasteiger partial charge < -0.3 is 35.7 Å². The van der Waals surface area contributed by atoms with Crippen molar-refractivity contribution in [2.75, 3.05) is 35.2 Å². The molecule has 1 amide bonds. The number of phosphoric acid groups is 1. The van der Waals surface area contributed by atoms with E-state index in [2.05, 4.69) is 31.0 Å². The van der Waals surface area contributed by atoms with Crippen molar-refractivity contribution in [2.24, 2.45) is 0 Å². The highest BCUT2D eigenvalue weighted by Gasteiger charge is 2.36. The zero-order valence-electron chi connectivity index (χ0n) is 20.2. The number of carbonyl (C=O) groups is 1. The molecule has 204 valence electrons. The van der Waals surface area contributed by atoms with Crippen LogP contribution in [0.2, 0.25) is 5.02 Å². The van der Waals surface area contributed by atoms with Crippen LogP contribution in [0.5, 0.6) is 0 Å². The molecule has 16 nitrogen and oxygen atoms in total. The zero-order valence-corrected chi connectivity index (χ0v) is 21.9. The van der Waals surface area contributed by atoms with Crippen LogP contribution in [-0.4, -0.2) is 72.3 Å². The number of piperidine rings is 1. The molecule has 39 heavy (non-hydrogen) atoms. The Balaban J connectivity index is 1.71. The third-order valence-corrected chi connectivity index (χ3v) is 6.67. The first-order valence-electron chi connectivity index (χ1n) is 11.4. The summed E-state index contributed by atoms with van der Waals surface area (Å²) < 4.78 is 17.7. The van der Waals surface area contributed by atoms with Crippen molar-refractivity contribution in [3.8, 4) is 12.1 Å². The summed E-state index contributed by atoms with van der Waals surface area (Å²) in [5.41, 5.74) is 1.28. The van der Waals surface area contributed by atoms with Gasteiger partial charge in [0.1, 0.15) is 12.2 Å². The van der Waals surface area contributed by atoms with E-state index in [1.54, 1.807) is 4.90 Å². The molecular formula is C21H22ClN10O6P. The molecule has 1 aromatic carbocycles. The molecule has 3 heterocycles. The van der Waals surface area contributed by atoms with Gasteiger partial charge in [-0.1, -0.05) is 11.6 Å². The van der Waals surface area contributed by atoms with Crippen LogP contribution < -0.4 is 20.9 Å². The average molecular weight is 577 g/mol. The van der Waals surface area contributed by atoms with Gasteiger partial charge in [-0.2, -0.15) is 20.0 Å². The second-order valence-electron chi connectivity index (χ2n) is 8.32. The van der Waals surface area contributed by atoms with E-state index in [0.717, 1.165) is 0 Å². The second-order valence-corrected chi connectivity index (χ2v) is 9.89. The average Bonchev–Trinajstić information content (AvgIpc) is 3.28. The van der Waals surface area contributed by atoms with Crippen molar-refractivity contribution >= 4 is 54.3 Å². The van der Waals surface area contributed by atoms with E-state index < -0.39 is 26.1 Å². The number of rotatable bonds is 8. The van der Waals surface area contributed by atoms with Crippen molar-refractivity contribution in [2.45, 2.75) is 25.5 Å². The highest BCUT2D eigenvalue weighted by atomic mass is 35.5. The van der Waals surface area contributed by atoms with Gasteiger partial charge in [-0.15, -0.1) is 5.10 Å². The van der Waals surface area contributed by atoms with Gasteiger partial charge in [-0.3, -0.25) is 4.52 Å². The predicted molar refractivity (Wildman–Crippen MR) is 138 cm³/mol. The smallest absolute Gasteiger partial charge is 0.465 e. The number of benzene rings is 1. The number of nitrogens with zero attached hydrogens (tertiary/aromatic N) is 7. The summed E-state index contributed by atoms with van der Waals surface area (Å²) >= 11 is 6.72. The van der Waals surface area contributed by atoms with E-state index in [-0.39, 0.29) is 47.4 Å². The Kier molecular flexibility index (Phi) is 8.06. The van der Waals surface area contributed by atoms with Crippen LogP contribution in [0.4, 0.5) is 27.9 Å². The van der Waals surface area contributed by atoms with E-state index in [4.69, 9.17) is 21.2 Å². The van der Waals surface area contributed by atoms with E-state index in [1.165, 1.54) is 22.8 Å². The van der Waals surface area contributed by atoms with Crippen molar-refractivity contribution in [1.82, 2.24) is 24.9 Å². The third kappa shape index (κ3) is 6.28. The first-order valence-corrected chi connectivity index (χ1v) is 13.3. The van der Waals surface area contributed by atoms with Crippen molar-refractivity contribution in [3.05, 3.63) is 34.6 Å². The summed E-state index contributed by atoms with van der Waals surface area (Å²) in [4.78, 5) is 40.1. The van der Waals surface area contributed by atoms with Gasteiger partial charge in [0.2, 0.25) is 5.95 Å². The number of anilines is 4. The fourth-order valence-corrected chi connectivity index (χ4v) is 5.00. The lowest BCUT2D eigenvalue weighted by Gasteiger charge is -2.39. The lowest BCUT2D eigenvalue weighted by atomic mass is 10.0. The summed E-state index contributed by atoms with van der Waals surface area (Å²) in [5, 5.41) is 40.9. The Morgan fingerprint density at radius 2 is 2.10 bits per heavy atom. The van der Waals surface area contributed by atoms with Crippen molar-refractivity contribution in [3.63, 3.8) is 0 Å². The number of nitrogens with one attached hydrogen (secondary N) is 3. The maximum atomic E-state index is 11.5. The van der Waals surface area contributed by atoms with E-state index in [0.29, 0.717) is 23.7 Å². The largest absolute Gasteiger partial charge is 0.469 e. The summed E-state index contributed by atoms with van der Waals surface area (Å²) in [5.74, 6) is 0.401. The molecule has 1 aliphatic heterocycles. The minimum Gasteiger partial charge on any atom is -0.465 e. The van der Waals surface area contributed by atoms with Crippen LogP contribution in [-0.2, 0) is 9.09 Å². The minimum absolute atomic E-state index is 0.0444. The lowest BCUT2D eigenvalue weighted by Crippen LogP contribution is -2.54. The molecule has 6 N–H and O–H groups in total. The molecule has 0 spiro atoms. The molecule has 0 aliphatic carbocycles. The number of phosphoric ester groups is 1. The number of imidazole rings is 1. The first-order chi connectivity index (χ1) is 18.5. The minimum atomic E-state index is -4.96. The van der Waals surface area contributed by atoms with Crippen molar-refractivity contribution in [1.29, 1.82) is 10.5 Å². The number of hydrogen-bond acceptors (Lipinski definition) is 11.